The normalized spacial score (nSPS) is 12.2. The second-order valence-electron chi connectivity index (χ2n) is 5.99. The molecule has 27 heavy (non-hydrogen) atoms. The smallest absolute Gasteiger partial charge is 0.191 e. The molecule has 0 amide bonds. The van der Waals surface area contributed by atoms with E-state index in [1.54, 1.807) is 6.20 Å². The lowest BCUT2D eigenvalue weighted by atomic mass is 10.1. The second kappa shape index (κ2) is 7.98. The number of nitrogens with one attached hydrogen (secondary N) is 1. The third-order valence-corrected chi connectivity index (χ3v) is 5.13. The number of para-hydroxylation sites is 1. The van der Waals surface area contributed by atoms with E-state index in [4.69, 9.17) is 11.6 Å². The van der Waals surface area contributed by atoms with Crippen LogP contribution in [0.1, 0.15) is 10.9 Å². The van der Waals surface area contributed by atoms with Crippen LogP contribution in [-0.2, 0) is 6.54 Å². The summed E-state index contributed by atoms with van der Waals surface area (Å²) in [4.78, 5) is 9.28. The summed E-state index contributed by atoms with van der Waals surface area (Å²) >= 11 is 8.12. The molecule has 0 fully saturated rings. The number of hydrogen-bond donors (Lipinski definition) is 1. The summed E-state index contributed by atoms with van der Waals surface area (Å²) in [6, 6.07) is 20.0. The van der Waals surface area contributed by atoms with E-state index in [2.05, 4.69) is 20.4 Å². The van der Waals surface area contributed by atoms with Crippen molar-refractivity contribution in [3.63, 3.8) is 0 Å². The molecule has 0 spiro atoms. The van der Waals surface area contributed by atoms with Crippen molar-refractivity contribution in [1.82, 2.24) is 19.7 Å². The molecule has 136 valence electrons. The van der Waals surface area contributed by atoms with Crippen molar-refractivity contribution in [2.75, 3.05) is 11.6 Å². The third kappa shape index (κ3) is 3.91. The van der Waals surface area contributed by atoms with Crippen LogP contribution in [0.3, 0.4) is 0 Å². The molecule has 4 rings (SSSR count). The van der Waals surface area contributed by atoms with Gasteiger partial charge < -0.3 is 5.32 Å². The van der Waals surface area contributed by atoms with Crippen LogP contribution in [0.5, 0.6) is 0 Å². The molecule has 4 aromatic rings. The Morgan fingerprint density at radius 1 is 1.04 bits per heavy atom. The molecule has 1 N–H and O–H groups in total. The monoisotopic (exact) mass is 395 g/mol. The Hall–Kier alpha value is -2.57. The zero-order valence-corrected chi connectivity index (χ0v) is 16.3. The Kier molecular flexibility index (Phi) is 5.27. The minimum absolute atomic E-state index is 0.187. The SMILES string of the molecule is CSc1nc(Nc2ccccc2)c2cnn(CC(Cl)c3ccccc3)c2n1. The Morgan fingerprint density at radius 2 is 1.74 bits per heavy atom. The predicted molar refractivity (Wildman–Crippen MR) is 112 cm³/mol. The highest BCUT2D eigenvalue weighted by molar-refractivity contribution is 7.98. The Balaban J connectivity index is 1.70. The number of anilines is 2. The summed E-state index contributed by atoms with van der Waals surface area (Å²) in [5, 5.41) is 9.26. The van der Waals surface area contributed by atoms with Crippen molar-refractivity contribution in [1.29, 1.82) is 0 Å². The first-order valence-corrected chi connectivity index (χ1v) is 10.2. The molecule has 0 saturated carbocycles. The van der Waals surface area contributed by atoms with Gasteiger partial charge in [-0.1, -0.05) is 60.3 Å². The van der Waals surface area contributed by atoms with E-state index in [1.165, 1.54) is 11.8 Å². The molecule has 2 aromatic carbocycles. The van der Waals surface area contributed by atoms with Gasteiger partial charge in [-0.2, -0.15) is 5.10 Å². The highest BCUT2D eigenvalue weighted by Gasteiger charge is 2.16. The lowest BCUT2D eigenvalue weighted by Gasteiger charge is -2.12. The maximum absolute atomic E-state index is 6.62. The van der Waals surface area contributed by atoms with Gasteiger partial charge in [-0.15, -0.1) is 11.6 Å². The van der Waals surface area contributed by atoms with Crippen molar-refractivity contribution >= 4 is 45.9 Å². The van der Waals surface area contributed by atoms with E-state index in [-0.39, 0.29) is 5.38 Å². The fourth-order valence-corrected chi connectivity index (χ4v) is 3.47. The van der Waals surface area contributed by atoms with Gasteiger partial charge in [0.25, 0.3) is 0 Å². The van der Waals surface area contributed by atoms with Gasteiger partial charge in [0.2, 0.25) is 0 Å². The van der Waals surface area contributed by atoms with Crippen LogP contribution in [0.25, 0.3) is 11.0 Å². The number of hydrogen-bond acceptors (Lipinski definition) is 5. The maximum Gasteiger partial charge on any atom is 0.191 e. The van der Waals surface area contributed by atoms with Gasteiger partial charge in [0.15, 0.2) is 10.8 Å². The number of halogens is 1. The van der Waals surface area contributed by atoms with Crippen molar-refractivity contribution in [2.24, 2.45) is 0 Å². The molecule has 0 aliphatic carbocycles. The van der Waals surface area contributed by atoms with Crippen LogP contribution in [0.15, 0.2) is 72.0 Å². The number of aromatic nitrogens is 4. The van der Waals surface area contributed by atoms with Crippen LogP contribution in [0, 0.1) is 0 Å². The van der Waals surface area contributed by atoms with Gasteiger partial charge in [0.1, 0.15) is 5.82 Å². The molecule has 0 bridgehead atoms. The topological polar surface area (TPSA) is 55.6 Å². The summed E-state index contributed by atoms with van der Waals surface area (Å²) in [5.41, 5.74) is 2.80. The Morgan fingerprint density at radius 3 is 2.44 bits per heavy atom. The first kappa shape index (κ1) is 17.8. The zero-order chi connectivity index (χ0) is 18.6. The van der Waals surface area contributed by atoms with E-state index in [0.29, 0.717) is 11.7 Å². The highest BCUT2D eigenvalue weighted by Crippen LogP contribution is 2.28. The number of nitrogens with zero attached hydrogens (tertiary/aromatic N) is 4. The first-order chi connectivity index (χ1) is 13.2. The summed E-state index contributed by atoms with van der Waals surface area (Å²) in [6.45, 7) is 0.532. The number of benzene rings is 2. The van der Waals surface area contributed by atoms with E-state index < -0.39 is 0 Å². The van der Waals surface area contributed by atoms with Crippen molar-refractivity contribution in [2.45, 2.75) is 17.1 Å². The summed E-state index contributed by atoms with van der Waals surface area (Å²) < 4.78 is 1.84. The van der Waals surface area contributed by atoms with Gasteiger partial charge in [-0.05, 0) is 24.0 Å². The first-order valence-electron chi connectivity index (χ1n) is 8.53. The van der Waals surface area contributed by atoms with Crippen molar-refractivity contribution in [3.05, 3.63) is 72.4 Å². The summed E-state index contributed by atoms with van der Waals surface area (Å²) in [7, 11) is 0. The fraction of sp³-hybridized carbons (Fsp3) is 0.150. The fourth-order valence-electron chi connectivity index (χ4n) is 2.83. The van der Waals surface area contributed by atoms with Crippen LogP contribution >= 0.6 is 23.4 Å². The quantitative estimate of drug-likeness (QED) is 0.274. The Labute approximate surface area is 166 Å². The molecule has 0 aliphatic heterocycles. The Bertz CT molecular complexity index is 1040. The minimum atomic E-state index is -0.187. The number of alkyl halides is 1. The minimum Gasteiger partial charge on any atom is -0.339 e. The molecule has 0 saturated heterocycles. The summed E-state index contributed by atoms with van der Waals surface area (Å²) in [6.07, 6.45) is 3.75. The zero-order valence-electron chi connectivity index (χ0n) is 14.7. The molecule has 2 aromatic heterocycles. The largest absolute Gasteiger partial charge is 0.339 e. The molecular formula is C20H18ClN5S. The van der Waals surface area contributed by atoms with E-state index in [0.717, 1.165) is 28.1 Å². The predicted octanol–water partition coefficient (Wildman–Crippen LogP) is 5.27. The standard InChI is InChI=1S/C20H18ClN5S/c1-27-20-24-18(23-15-10-6-3-7-11-15)16-12-22-26(19(16)25-20)13-17(21)14-8-4-2-5-9-14/h2-12,17H,13H2,1H3,(H,23,24,25). The van der Waals surface area contributed by atoms with E-state index in [1.807, 2.05) is 71.6 Å². The molecular weight excluding hydrogens is 378 g/mol. The van der Waals surface area contributed by atoms with Gasteiger partial charge in [-0.25, -0.2) is 14.6 Å². The second-order valence-corrected chi connectivity index (χ2v) is 7.29. The van der Waals surface area contributed by atoms with Crippen LogP contribution in [0.2, 0.25) is 0 Å². The number of fused-ring (bicyclic) bond motifs is 1. The lowest BCUT2D eigenvalue weighted by molar-refractivity contribution is 0.613. The molecule has 0 aliphatic rings. The van der Waals surface area contributed by atoms with Crippen molar-refractivity contribution < 1.29 is 0 Å². The average molecular weight is 396 g/mol. The van der Waals surface area contributed by atoms with Gasteiger partial charge in [0, 0.05) is 5.69 Å². The average Bonchev–Trinajstić information content (AvgIpc) is 3.12. The number of thioether (sulfide) groups is 1. The lowest BCUT2D eigenvalue weighted by Crippen LogP contribution is -2.07. The molecule has 7 heteroatoms. The van der Waals surface area contributed by atoms with Crippen molar-refractivity contribution in [3.8, 4) is 0 Å². The van der Waals surface area contributed by atoms with E-state index in [9.17, 15) is 0 Å². The summed E-state index contributed by atoms with van der Waals surface area (Å²) in [5.74, 6) is 0.743. The highest BCUT2D eigenvalue weighted by atomic mass is 35.5. The van der Waals surface area contributed by atoms with Crippen LogP contribution in [0.4, 0.5) is 11.5 Å². The maximum atomic E-state index is 6.62. The number of rotatable bonds is 6. The van der Waals surface area contributed by atoms with Gasteiger partial charge in [-0.3, -0.25) is 0 Å². The third-order valence-electron chi connectivity index (χ3n) is 4.19. The molecule has 1 atom stereocenters. The van der Waals surface area contributed by atoms with E-state index >= 15 is 0 Å². The van der Waals surface area contributed by atoms with Gasteiger partial charge >= 0.3 is 0 Å². The van der Waals surface area contributed by atoms with Gasteiger partial charge in [0.05, 0.1) is 23.5 Å². The molecule has 2 heterocycles. The molecule has 0 radical (unpaired) electrons. The van der Waals surface area contributed by atoms with Crippen LogP contribution in [-0.4, -0.2) is 26.0 Å². The molecule has 1 unspecified atom stereocenters. The molecule has 5 nitrogen and oxygen atoms in total. The van der Waals surface area contributed by atoms with Crippen LogP contribution < -0.4 is 5.32 Å².